The molecule has 1 aliphatic rings. The van der Waals surface area contributed by atoms with Crippen molar-refractivity contribution in [2.24, 2.45) is 5.92 Å². The number of rotatable bonds is 2. The molecule has 2 atom stereocenters. The summed E-state index contributed by atoms with van der Waals surface area (Å²) in [6.45, 7) is 3.88. The van der Waals surface area contributed by atoms with Gasteiger partial charge in [0.15, 0.2) is 6.19 Å². The van der Waals surface area contributed by atoms with E-state index in [1.165, 1.54) is 0 Å². The van der Waals surface area contributed by atoms with Gasteiger partial charge < -0.3 is 9.80 Å². The standard InChI is InChI=1S/C17H18N6/c1-12-7-14(22(2)11-19)10-23(9-12)15-4-3-13(8-18)16-17(15)21-6-5-20-16/h3-6,12,14H,7,9-10H2,1-2H3/t12-,14+/m0/s1. The third kappa shape index (κ3) is 2.76. The molecule has 23 heavy (non-hydrogen) atoms. The Labute approximate surface area is 135 Å². The number of benzene rings is 1. The molecule has 6 nitrogen and oxygen atoms in total. The average molecular weight is 306 g/mol. The summed E-state index contributed by atoms with van der Waals surface area (Å²) in [5.41, 5.74) is 2.90. The van der Waals surface area contributed by atoms with E-state index in [-0.39, 0.29) is 6.04 Å². The first-order chi connectivity index (χ1) is 11.1. The summed E-state index contributed by atoms with van der Waals surface area (Å²) < 4.78 is 0. The zero-order valence-electron chi connectivity index (χ0n) is 13.3. The van der Waals surface area contributed by atoms with Crippen molar-refractivity contribution in [1.82, 2.24) is 14.9 Å². The van der Waals surface area contributed by atoms with Gasteiger partial charge in [0.05, 0.1) is 17.3 Å². The zero-order valence-corrected chi connectivity index (χ0v) is 13.3. The van der Waals surface area contributed by atoms with E-state index in [4.69, 9.17) is 5.26 Å². The first kappa shape index (κ1) is 15.1. The maximum atomic E-state index is 9.25. The van der Waals surface area contributed by atoms with Crippen LogP contribution in [0.3, 0.4) is 0 Å². The van der Waals surface area contributed by atoms with E-state index < -0.39 is 0 Å². The monoisotopic (exact) mass is 306 g/mol. The van der Waals surface area contributed by atoms with Gasteiger partial charge in [-0.15, -0.1) is 0 Å². The van der Waals surface area contributed by atoms with Crippen LogP contribution in [0.2, 0.25) is 0 Å². The highest BCUT2D eigenvalue weighted by Crippen LogP contribution is 2.30. The van der Waals surface area contributed by atoms with Crippen LogP contribution in [0.4, 0.5) is 5.69 Å². The van der Waals surface area contributed by atoms with Crippen molar-refractivity contribution >= 4 is 16.7 Å². The zero-order chi connectivity index (χ0) is 16.4. The molecule has 2 heterocycles. The van der Waals surface area contributed by atoms with E-state index in [1.54, 1.807) is 23.4 Å². The molecule has 1 aliphatic heterocycles. The third-order valence-electron chi connectivity index (χ3n) is 4.41. The van der Waals surface area contributed by atoms with Crippen LogP contribution < -0.4 is 4.90 Å². The Morgan fingerprint density at radius 3 is 2.61 bits per heavy atom. The number of piperidine rings is 1. The second-order valence-corrected chi connectivity index (χ2v) is 6.11. The van der Waals surface area contributed by atoms with Crippen LogP contribution in [0.5, 0.6) is 0 Å². The van der Waals surface area contributed by atoms with Gasteiger partial charge in [0.1, 0.15) is 17.1 Å². The fourth-order valence-electron chi connectivity index (χ4n) is 3.27. The predicted molar refractivity (Wildman–Crippen MR) is 87.4 cm³/mol. The number of nitrogens with zero attached hydrogens (tertiary/aromatic N) is 6. The average Bonchev–Trinajstić information content (AvgIpc) is 2.59. The van der Waals surface area contributed by atoms with Crippen LogP contribution in [-0.4, -0.2) is 41.0 Å². The number of aromatic nitrogens is 2. The van der Waals surface area contributed by atoms with Crippen molar-refractivity contribution < 1.29 is 0 Å². The molecule has 0 radical (unpaired) electrons. The van der Waals surface area contributed by atoms with Crippen molar-refractivity contribution in [3.05, 3.63) is 30.1 Å². The van der Waals surface area contributed by atoms with Gasteiger partial charge in [-0.1, -0.05) is 6.92 Å². The highest BCUT2D eigenvalue weighted by Gasteiger charge is 2.28. The summed E-state index contributed by atoms with van der Waals surface area (Å²) in [6, 6.07) is 6.10. The van der Waals surface area contributed by atoms with Crippen LogP contribution in [0.1, 0.15) is 18.9 Å². The number of likely N-dealkylation sites (N-methyl/N-ethyl adjacent to an activating group) is 1. The fourth-order valence-corrected chi connectivity index (χ4v) is 3.27. The summed E-state index contributed by atoms with van der Waals surface area (Å²) in [4.78, 5) is 12.7. The lowest BCUT2D eigenvalue weighted by molar-refractivity contribution is 0.257. The molecule has 1 aromatic heterocycles. The van der Waals surface area contributed by atoms with Crippen molar-refractivity contribution in [2.45, 2.75) is 19.4 Å². The Balaban J connectivity index is 2.03. The van der Waals surface area contributed by atoms with Crippen LogP contribution in [0.25, 0.3) is 11.0 Å². The molecule has 0 N–H and O–H groups in total. The molecule has 0 unspecified atom stereocenters. The SMILES string of the molecule is C[C@H]1C[C@@H](N(C)C#N)CN(c2ccc(C#N)c3nccnc23)C1. The van der Waals surface area contributed by atoms with E-state index in [2.05, 4.69) is 34.1 Å². The summed E-state index contributed by atoms with van der Waals surface area (Å²) in [5, 5.41) is 18.4. The number of fused-ring (bicyclic) bond motifs is 1. The Morgan fingerprint density at radius 1 is 1.17 bits per heavy atom. The molecule has 0 bridgehead atoms. The van der Waals surface area contributed by atoms with Gasteiger partial charge in [-0.3, -0.25) is 9.97 Å². The topological polar surface area (TPSA) is 79.8 Å². The second-order valence-electron chi connectivity index (χ2n) is 6.11. The van der Waals surface area contributed by atoms with Gasteiger partial charge in [-0.25, -0.2) is 0 Å². The molecular formula is C17H18N6. The Bertz CT molecular complexity index is 803. The van der Waals surface area contributed by atoms with Crippen molar-refractivity contribution in [3.63, 3.8) is 0 Å². The Morgan fingerprint density at radius 2 is 1.91 bits per heavy atom. The Kier molecular flexibility index (Phi) is 3.99. The minimum Gasteiger partial charge on any atom is -0.367 e. The van der Waals surface area contributed by atoms with Gasteiger partial charge in [-0.2, -0.15) is 10.5 Å². The first-order valence-electron chi connectivity index (χ1n) is 7.65. The molecule has 116 valence electrons. The summed E-state index contributed by atoms with van der Waals surface area (Å²) in [7, 11) is 1.83. The lowest BCUT2D eigenvalue weighted by atomic mass is 9.94. The summed E-state index contributed by atoms with van der Waals surface area (Å²) in [6.07, 6.45) is 6.48. The number of nitriles is 2. The number of hydrogen-bond acceptors (Lipinski definition) is 6. The lowest BCUT2D eigenvalue weighted by Crippen LogP contribution is -2.48. The molecular weight excluding hydrogens is 288 g/mol. The minimum atomic E-state index is 0.186. The van der Waals surface area contributed by atoms with Crippen LogP contribution in [0, 0.1) is 28.7 Å². The molecule has 1 fully saturated rings. The third-order valence-corrected chi connectivity index (χ3v) is 4.41. The number of anilines is 1. The van der Waals surface area contributed by atoms with E-state index in [0.717, 1.165) is 30.7 Å². The maximum absolute atomic E-state index is 9.25. The van der Waals surface area contributed by atoms with E-state index in [1.807, 2.05) is 13.1 Å². The van der Waals surface area contributed by atoms with Crippen molar-refractivity contribution in [2.75, 3.05) is 25.0 Å². The summed E-state index contributed by atoms with van der Waals surface area (Å²) in [5.74, 6) is 0.479. The molecule has 2 aromatic rings. The van der Waals surface area contributed by atoms with E-state index >= 15 is 0 Å². The summed E-state index contributed by atoms with van der Waals surface area (Å²) >= 11 is 0. The van der Waals surface area contributed by atoms with E-state index in [9.17, 15) is 5.26 Å². The van der Waals surface area contributed by atoms with Gasteiger partial charge >= 0.3 is 0 Å². The highest BCUT2D eigenvalue weighted by molar-refractivity contribution is 5.92. The smallest absolute Gasteiger partial charge is 0.179 e. The normalized spacial score (nSPS) is 20.8. The second kappa shape index (κ2) is 6.10. The molecule has 0 saturated carbocycles. The van der Waals surface area contributed by atoms with Crippen LogP contribution in [0.15, 0.2) is 24.5 Å². The Hall–Kier alpha value is -2.86. The van der Waals surface area contributed by atoms with Gasteiger partial charge in [0.2, 0.25) is 0 Å². The molecule has 0 amide bonds. The van der Waals surface area contributed by atoms with Crippen molar-refractivity contribution in [3.8, 4) is 12.3 Å². The highest BCUT2D eigenvalue weighted by atomic mass is 15.2. The van der Waals surface area contributed by atoms with Gasteiger partial charge in [0, 0.05) is 32.5 Å². The lowest BCUT2D eigenvalue weighted by Gasteiger charge is -2.40. The van der Waals surface area contributed by atoms with Gasteiger partial charge in [-0.05, 0) is 24.5 Å². The van der Waals surface area contributed by atoms with Crippen LogP contribution >= 0.6 is 0 Å². The molecule has 3 rings (SSSR count). The van der Waals surface area contributed by atoms with E-state index in [0.29, 0.717) is 17.0 Å². The maximum Gasteiger partial charge on any atom is 0.179 e. The molecule has 6 heteroatoms. The molecule has 1 aromatic carbocycles. The minimum absolute atomic E-state index is 0.186. The quantitative estimate of drug-likeness (QED) is 0.624. The molecule has 0 aliphatic carbocycles. The predicted octanol–water partition coefficient (Wildman–Crippen LogP) is 2.13. The first-order valence-corrected chi connectivity index (χ1v) is 7.65. The molecule has 0 spiro atoms. The molecule has 1 saturated heterocycles. The largest absolute Gasteiger partial charge is 0.367 e. The van der Waals surface area contributed by atoms with Gasteiger partial charge in [0.25, 0.3) is 0 Å². The fraction of sp³-hybridized carbons (Fsp3) is 0.412. The van der Waals surface area contributed by atoms with Crippen molar-refractivity contribution in [1.29, 1.82) is 10.5 Å². The van der Waals surface area contributed by atoms with Crippen LogP contribution in [-0.2, 0) is 0 Å². The number of hydrogen-bond donors (Lipinski definition) is 0.